The highest BCUT2D eigenvalue weighted by Gasteiger charge is 2.00. The van der Waals surface area contributed by atoms with Gasteiger partial charge >= 0.3 is 0 Å². The van der Waals surface area contributed by atoms with E-state index < -0.39 is 0 Å². The van der Waals surface area contributed by atoms with Crippen molar-refractivity contribution in [2.24, 2.45) is 0 Å². The molecule has 0 aliphatic rings. The largest absolute Gasteiger partial charge is 0.298 e. The van der Waals surface area contributed by atoms with E-state index in [4.69, 9.17) is 0 Å². The molecule has 102 valence electrons. The molecule has 0 saturated heterocycles. The minimum absolute atomic E-state index is 0.0212. The maximum absolute atomic E-state index is 11.7. The van der Waals surface area contributed by atoms with Gasteiger partial charge in [-0.15, -0.1) is 0 Å². The molecule has 0 N–H and O–H groups in total. The van der Waals surface area contributed by atoms with Gasteiger partial charge in [-0.2, -0.15) is 0 Å². The van der Waals surface area contributed by atoms with Gasteiger partial charge in [-0.25, -0.2) is 4.98 Å². The van der Waals surface area contributed by atoms with Crippen molar-refractivity contribution in [2.45, 2.75) is 64.8 Å². The van der Waals surface area contributed by atoms with E-state index in [1.54, 1.807) is 17.1 Å². The molecule has 0 saturated carbocycles. The molecule has 1 heterocycles. The van der Waals surface area contributed by atoms with Gasteiger partial charge in [0.15, 0.2) is 0 Å². The summed E-state index contributed by atoms with van der Waals surface area (Å²) in [5.41, 5.74) is 0.0212. The van der Waals surface area contributed by atoms with Crippen molar-refractivity contribution in [3.63, 3.8) is 0 Å². The molecule has 0 unspecified atom stereocenters. The molecule has 0 aromatic carbocycles. The number of aromatic nitrogens is 2. The predicted molar refractivity (Wildman–Crippen MR) is 78.8 cm³/mol. The number of unbranched alkanes of at least 4 members (excludes halogenated alkanes) is 7. The second kappa shape index (κ2) is 9.31. The summed E-state index contributed by atoms with van der Waals surface area (Å²) in [6, 6.07) is 0. The van der Waals surface area contributed by atoms with E-state index in [-0.39, 0.29) is 5.56 Å². The molecule has 3 nitrogen and oxygen atoms in total. The molecule has 1 rings (SSSR count). The summed E-state index contributed by atoms with van der Waals surface area (Å²) in [6.07, 6.45) is 13.4. The van der Waals surface area contributed by atoms with E-state index in [1.807, 2.05) is 0 Å². The van der Waals surface area contributed by atoms with Gasteiger partial charge in [0.1, 0.15) is 4.47 Å². The minimum Gasteiger partial charge on any atom is -0.298 e. The van der Waals surface area contributed by atoms with Gasteiger partial charge in [-0.3, -0.25) is 9.36 Å². The Morgan fingerprint density at radius 3 is 2.39 bits per heavy atom. The van der Waals surface area contributed by atoms with Gasteiger partial charge in [0.2, 0.25) is 0 Å². The van der Waals surface area contributed by atoms with E-state index in [2.05, 4.69) is 27.8 Å². The number of rotatable bonds is 9. The first-order chi connectivity index (χ1) is 8.75. The first-order valence-corrected chi connectivity index (χ1v) is 7.75. The first-order valence-electron chi connectivity index (χ1n) is 6.95. The van der Waals surface area contributed by atoms with Crippen molar-refractivity contribution < 1.29 is 0 Å². The molecule has 0 fully saturated rings. The SMILES string of the molecule is CCCCCCCCCCn1cncc(Br)c1=O. The van der Waals surface area contributed by atoms with Crippen molar-refractivity contribution in [1.82, 2.24) is 9.55 Å². The van der Waals surface area contributed by atoms with Crippen LogP contribution in [-0.2, 0) is 6.54 Å². The molecule has 1 aromatic heterocycles. The summed E-state index contributed by atoms with van der Waals surface area (Å²) in [6.45, 7) is 3.02. The molecule has 18 heavy (non-hydrogen) atoms. The van der Waals surface area contributed by atoms with Crippen LogP contribution in [-0.4, -0.2) is 9.55 Å². The van der Waals surface area contributed by atoms with Crippen LogP contribution in [0.15, 0.2) is 21.8 Å². The summed E-state index contributed by atoms with van der Waals surface area (Å²) in [7, 11) is 0. The van der Waals surface area contributed by atoms with Crippen LogP contribution in [0.2, 0.25) is 0 Å². The van der Waals surface area contributed by atoms with E-state index in [1.165, 1.54) is 44.9 Å². The van der Waals surface area contributed by atoms with Crippen LogP contribution in [0.4, 0.5) is 0 Å². The monoisotopic (exact) mass is 314 g/mol. The topological polar surface area (TPSA) is 34.9 Å². The average molecular weight is 315 g/mol. The van der Waals surface area contributed by atoms with Gasteiger partial charge in [-0.1, -0.05) is 51.9 Å². The summed E-state index contributed by atoms with van der Waals surface area (Å²) in [5.74, 6) is 0. The molecule has 0 spiro atoms. The van der Waals surface area contributed by atoms with Crippen molar-refractivity contribution in [2.75, 3.05) is 0 Å². The number of nitrogens with zero attached hydrogens (tertiary/aromatic N) is 2. The van der Waals surface area contributed by atoms with Crippen LogP contribution in [0.3, 0.4) is 0 Å². The molecular formula is C14H23BrN2O. The zero-order valence-electron chi connectivity index (χ0n) is 11.2. The lowest BCUT2D eigenvalue weighted by Gasteiger charge is -2.05. The third-order valence-electron chi connectivity index (χ3n) is 3.11. The summed E-state index contributed by atoms with van der Waals surface area (Å²) >= 11 is 3.21. The zero-order valence-corrected chi connectivity index (χ0v) is 12.8. The number of halogens is 1. The highest BCUT2D eigenvalue weighted by Crippen LogP contribution is 2.08. The third-order valence-corrected chi connectivity index (χ3v) is 3.66. The van der Waals surface area contributed by atoms with Gasteiger partial charge < -0.3 is 0 Å². The molecule has 0 radical (unpaired) electrons. The Bertz CT molecular complexity index is 390. The maximum Gasteiger partial charge on any atom is 0.267 e. The lowest BCUT2D eigenvalue weighted by Crippen LogP contribution is -2.20. The van der Waals surface area contributed by atoms with Crippen LogP contribution in [0.1, 0.15) is 58.3 Å². The standard InChI is InChI=1S/C14H23BrN2O/c1-2-3-4-5-6-7-8-9-10-17-12-16-11-13(15)14(17)18/h11-12H,2-10H2,1H3. The van der Waals surface area contributed by atoms with E-state index in [9.17, 15) is 4.79 Å². The zero-order chi connectivity index (χ0) is 13.2. The molecule has 0 atom stereocenters. The van der Waals surface area contributed by atoms with Crippen molar-refractivity contribution >= 4 is 15.9 Å². The van der Waals surface area contributed by atoms with Crippen LogP contribution in [0, 0.1) is 0 Å². The smallest absolute Gasteiger partial charge is 0.267 e. The molecule has 4 heteroatoms. The Morgan fingerprint density at radius 2 is 1.72 bits per heavy atom. The van der Waals surface area contributed by atoms with Gasteiger partial charge in [-0.05, 0) is 22.4 Å². The van der Waals surface area contributed by atoms with Crippen LogP contribution in [0.25, 0.3) is 0 Å². The minimum atomic E-state index is 0.0212. The lowest BCUT2D eigenvalue weighted by atomic mass is 10.1. The maximum atomic E-state index is 11.7. The van der Waals surface area contributed by atoms with Gasteiger partial charge in [0.05, 0.1) is 6.33 Å². The van der Waals surface area contributed by atoms with Crippen molar-refractivity contribution in [3.8, 4) is 0 Å². The lowest BCUT2D eigenvalue weighted by molar-refractivity contribution is 0.533. The summed E-state index contributed by atoms with van der Waals surface area (Å²) < 4.78 is 2.23. The molecule has 0 aliphatic heterocycles. The van der Waals surface area contributed by atoms with Gasteiger partial charge in [0, 0.05) is 12.7 Å². The second-order valence-corrected chi connectivity index (χ2v) is 5.57. The highest BCUT2D eigenvalue weighted by molar-refractivity contribution is 9.10. The van der Waals surface area contributed by atoms with Crippen molar-refractivity contribution in [1.29, 1.82) is 0 Å². The molecule has 1 aromatic rings. The molecule has 0 bridgehead atoms. The number of hydrogen-bond acceptors (Lipinski definition) is 2. The Labute approximate surface area is 118 Å². The third kappa shape index (κ3) is 5.80. The number of hydrogen-bond donors (Lipinski definition) is 0. The predicted octanol–water partition coefficient (Wildman–Crippen LogP) is 4.15. The molecule has 0 amide bonds. The van der Waals surface area contributed by atoms with E-state index in [0.717, 1.165) is 13.0 Å². The van der Waals surface area contributed by atoms with E-state index in [0.29, 0.717) is 4.47 Å². The van der Waals surface area contributed by atoms with Crippen LogP contribution >= 0.6 is 15.9 Å². The van der Waals surface area contributed by atoms with Crippen LogP contribution < -0.4 is 5.56 Å². The Hall–Kier alpha value is -0.640. The first kappa shape index (κ1) is 15.4. The molecule has 0 aliphatic carbocycles. The van der Waals surface area contributed by atoms with Gasteiger partial charge in [0.25, 0.3) is 5.56 Å². The fraction of sp³-hybridized carbons (Fsp3) is 0.714. The highest BCUT2D eigenvalue weighted by atomic mass is 79.9. The van der Waals surface area contributed by atoms with Crippen LogP contribution in [0.5, 0.6) is 0 Å². The normalized spacial score (nSPS) is 10.8. The Balaban J connectivity index is 2.11. The summed E-state index contributed by atoms with van der Waals surface area (Å²) in [5, 5.41) is 0. The fourth-order valence-corrected chi connectivity index (χ4v) is 2.35. The number of aryl methyl sites for hydroxylation is 1. The second-order valence-electron chi connectivity index (χ2n) is 4.71. The quantitative estimate of drug-likeness (QED) is 0.642. The average Bonchev–Trinajstić information content (AvgIpc) is 2.37. The Morgan fingerprint density at radius 1 is 1.11 bits per heavy atom. The van der Waals surface area contributed by atoms with Crippen molar-refractivity contribution in [3.05, 3.63) is 27.4 Å². The van der Waals surface area contributed by atoms with E-state index >= 15 is 0 Å². The molecular weight excluding hydrogens is 292 g/mol. The Kier molecular flexibility index (Phi) is 7.98. The summed E-state index contributed by atoms with van der Waals surface area (Å²) in [4.78, 5) is 15.7. The fourth-order valence-electron chi connectivity index (χ4n) is 2.00.